The van der Waals surface area contributed by atoms with Crippen molar-refractivity contribution in [2.24, 2.45) is 0 Å². The lowest BCUT2D eigenvalue weighted by atomic mass is 10.0. The maximum absolute atomic E-state index is 13.6. The number of hydrogen-bond acceptors (Lipinski definition) is 5. The summed E-state index contributed by atoms with van der Waals surface area (Å²) in [5, 5.41) is 7.74. The third-order valence-electron chi connectivity index (χ3n) is 6.98. The van der Waals surface area contributed by atoms with E-state index in [9.17, 15) is 4.79 Å². The largest absolute Gasteiger partial charge is 0.494 e. The Morgan fingerprint density at radius 2 is 1.73 bits per heavy atom. The molecule has 1 saturated carbocycles. The molecule has 190 valence electrons. The molecule has 0 spiro atoms. The van der Waals surface area contributed by atoms with Crippen LogP contribution in [-0.2, 0) is 11.3 Å². The molecule has 5 rings (SSSR count). The van der Waals surface area contributed by atoms with Crippen LogP contribution in [0.2, 0.25) is 0 Å². The molecule has 0 unspecified atom stereocenters. The van der Waals surface area contributed by atoms with Crippen molar-refractivity contribution in [3.05, 3.63) is 96.1 Å². The number of benzene rings is 3. The van der Waals surface area contributed by atoms with Gasteiger partial charge in [0.05, 0.1) is 29.5 Å². The van der Waals surface area contributed by atoms with Crippen molar-refractivity contribution in [1.29, 1.82) is 0 Å². The van der Waals surface area contributed by atoms with Gasteiger partial charge in [0.1, 0.15) is 5.75 Å². The summed E-state index contributed by atoms with van der Waals surface area (Å²) in [7, 11) is 1.74. The average molecular weight is 496 g/mol. The van der Waals surface area contributed by atoms with Crippen LogP contribution in [0.1, 0.15) is 35.7 Å². The van der Waals surface area contributed by atoms with E-state index in [1.54, 1.807) is 7.11 Å². The van der Waals surface area contributed by atoms with Crippen molar-refractivity contribution in [2.75, 3.05) is 13.7 Å². The number of rotatable bonds is 9. The van der Waals surface area contributed by atoms with Gasteiger partial charge in [-0.3, -0.25) is 4.79 Å². The highest BCUT2D eigenvalue weighted by Gasteiger charge is 2.35. The maximum Gasteiger partial charge on any atom is 0.252 e. The zero-order valence-corrected chi connectivity index (χ0v) is 21.3. The number of para-hydroxylation sites is 1. The van der Waals surface area contributed by atoms with Gasteiger partial charge in [0.2, 0.25) is 0 Å². The fourth-order valence-electron chi connectivity index (χ4n) is 5.10. The zero-order chi connectivity index (χ0) is 25.6. The van der Waals surface area contributed by atoms with Crippen LogP contribution in [-0.4, -0.2) is 42.8 Å². The molecule has 6 heteroatoms. The summed E-state index contributed by atoms with van der Waals surface area (Å²) in [6.07, 6.45) is 1.62. The minimum atomic E-state index is -0.0886. The first-order valence-electron chi connectivity index (χ1n) is 12.9. The second-order valence-corrected chi connectivity index (χ2v) is 9.42. The number of hydrogen-bond donors (Lipinski definition) is 2. The summed E-state index contributed by atoms with van der Waals surface area (Å²) in [4.78, 5) is 18.4. The molecule has 0 aliphatic heterocycles. The Balaban J connectivity index is 1.34. The van der Waals surface area contributed by atoms with Crippen LogP contribution in [0.4, 0.5) is 0 Å². The number of pyridine rings is 1. The third kappa shape index (κ3) is 5.82. The smallest absolute Gasteiger partial charge is 0.252 e. The molecule has 1 fully saturated rings. The molecule has 37 heavy (non-hydrogen) atoms. The molecule has 4 aromatic rings. The lowest BCUT2D eigenvalue weighted by Gasteiger charge is -2.19. The van der Waals surface area contributed by atoms with Crippen LogP contribution in [0.15, 0.2) is 84.9 Å². The van der Waals surface area contributed by atoms with Crippen molar-refractivity contribution in [3.63, 3.8) is 0 Å². The Kier molecular flexibility index (Phi) is 7.78. The van der Waals surface area contributed by atoms with E-state index in [1.807, 2.05) is 79.7 Å². The second kappa shape index (κ2) is 11.5. The van der Waals surface area contributed by atoms with Crippen molar-refractivity contribution in [1.82, 2.24) is 15.6 Å². The van der Waals surface area contributed by atoms with E-state index in [-0.39, 0.29) is 24.1 Å². The number of carbonyl (C=O) groups is 1. The number of nitrogens with zero attached hydrogens (tertiary/aromatic N) is 1. The van der Waals surface area contributed by atoms with Crippen molar-refractivity contribution >= 4 is 16.8 Å². The molecule has 6 nitrogen and oxygen atoms in total. The van der Waals surface area contributed by atoms with Crippen LogP contribution in [0.25, 0.3) is 22.2 Å². The number of methoxy groups -OCH3 is 1. The van der Waals surface area contributed by atoms with Gasteiger partial charge in [-0.05, 0) is 61.7 Å². The van der Waals surface area contributed by atoms with Gasteiger partial charge in [0.25, 0.3) is 5.91 Å². The SMILES string of the molecule is CCOc1ccc(-c2cc(C(=O)N[C@@H]3C[C@H](OC)[C@H](NCc4ccccc4)C3)c3ccccc3n2)cc1. The zero-order valence-electron chi connectivity index (χ0n) is 21.3. The highest BCUT2D eigenvalue weighted by molar-refractivity contribution is 6.07. The summed E-state index contributed by atoms with van der Waals surface area (Å²) in [6.45, 7) is 3.35. The number of ether oxygens (including phenoxy) is 2. The number of nitrogens with one attached hydrogen (secondary N) is 2. The van der Waals surface area contributed by atoms with Gasteiger partial charge in [-0.1, -0.05) is 48.5 Å². The molecule has 0 saturated heterocycles. The summed E-state index contributed by atoms with van der Waals surface area (Å²) >= 11 is 0. The van der Waals surface area contributed by atoms with Gasteiger partial charge in [0.15, 0.2) is 0 Å². The number of amides is 1. The molecule has 3 atom stereocenters. The molecule has 0 bridgehead atoms. The first-order valence-corrected chi connectivity index (χ1v) is 12.9. The van der Waals surface area contributed by atoms with E-state index in [0.29, 0.717) is 12.2 Å². The molecule has 0 radical (unpaired) electrons. The number of fused-ring (bicyclic) bond motifs is 1. The lowest BCUT2D eigenvalue weighted by molar-refractivity contribution is 0.0820. The summed E-state index contributed by atoms with van der Waals surface area (Å²) in [5.74, 6) is 0.726. The van der Waals surface area contributed by atoms with Crippen LogP contribution < -0.4 is 15.4 Å². The maximum atomic E-state index is 13.6. The Morgan fingerprint density at radius 3 is 2.49 bits per heavy atom. The van der Waals surface area contributed by atoms with Gasteiger partial charge >= 0.3 is 0 Å². The third-order valence-corrected chi connectivity index (χ3v) is 6.98. The molecular weight excluding hydrogens is 462 g/mol. The Labute approximate surface area is 218 Å². The van der Waals surface area contributed by atoms with E-state index in [1.165, 1.54) is 5.56 Å². The van der Waals surface area contributed by atoms with Crippen molar-refractivity contribution in [2.45, 2.75) is 44.5 Å². The van der Waals surface area contributed by atoms with E-state index in [0.717, 1.165) is 47.3 Å². The molecule has 2 N–H and O–H groups in total. The number of aromatic nitrogens is 1. The molecule has 1 aliphatic carbocycles. The van der Waals surface area contributed by atoms with Crippen molar-refractivity contribution < 1.29 is 14.3 Å². The van der Waals surface area contributed by atoms with Gasteiger partial charge in [-0.25, -0.2) is 4.98 Å². The van der Waals surface area contributed by atoms with Crippen LogP contribution >= 0.6 is 0 Å². The van der Waals surface area contributed by atoms with Crippen LogP contribution in [0.5, 0.6) is 5.75 Å². The molecule has 1 heterocycles. The standard InChI is InChI=1S/C31H33N3O3/c1-3-37-24-15-13-22(14-16-24)28-19-26(25-11-7-8-12-27(25)34-28)31(35)33-23-17-29(30(18-23)36-2)32-20-21-9-5-4-6-10-21/h4-16,19,23,29-30,32H,3,17-18,20H2,1-2H3,(H,33,35)/t23-,29+,30-/m0/s1. The van der Waals surface area contributed by atoms with E-state index in [2.05, 4.69) is 22.8 Å². The van der Waals surface area contributed by atoms with Crippen LogP contribution in [0, 0.1) is 0 Å². The summed E-state index contributed by atoms with van der Waals surface area (Å²) < 4.78 is 11.3. The summed E-state index contributed by atoms with van der Waals surface area (Å²) in [5.41, 5.74) is 4.35. The molecule has 1 aliphatic rings. The van der Waals surface area contributed by atoms with E-state index >= 15 is 0 Å². The first kappa shape index (κ1) is 24.9. The predicted octanol–water partition coefficient (Wildman–Crippen LogP) is 5.37. The fraction of sp³-hybridized carbons (Fsp3) is 0.290. The second-order valence-electron chi connectivity index (χ2n) is 9.42. The topological polar surface area (TPSA) is 72.5 Å². The Bertz CT molecular complexity index is 1340. The van der Waals surface area contributed by atoms with Crippen molar-refractivity contribution in [3.8, 4) is 17.0 Å². The first-order chi connectivity index (χ1) is 18.1. The average Bonchev–Trinajstić information content (AvgIpc) is 3.34. The number of carbonyl (C=O) groups excluding carboxylic acids is 1. The fourth-order valence-corrected chi connectivity index (χ4v) is 5.10. The highest BCUT2D eigenvalue weighted by atomic mass is 16.5. The molecule has 1 amide bonds. The van der Waals surface area contributed by atoms with E-state index < -0.39 is 0 Å². The predicted molar refractivity (Wildman–Crippen MR) is 147 cm³/mol. The quantitative estimate of drug-likeness (QED) is 0.327. The summed E-state index contributed by atoms with van der Waals surface area (Å²) in [6, 6.07) is 28.0. The Morgan fingerprint density at radius 1 is 0.973 bits per heavy atom. The minimum absolute atomic E-state index is 0.0200. The van der Waals surface area contributed by atoms with Crippen LogP contribution in [0.3, 0.4) is 0 Å². The van der Waals surface area contributed by atoms with Gasteiger partial charge in [-0.15, -0.1) is 0 Å². The van der Waals surface area contributed by atoms with E-state index in [4.69, 9.17) is 14.5 Å². The monoisotopic (exact) mass is 495 g/mol. The minimum Gasteiger partial charge on any atom is -0.494 e. The van der Waals surface area contributed by atoms with Gasteiger partial charge in [0, 0.05) is 36.7 Å². The normalized spacial score (nSPS) is 19.1. The van der Waals surface area contributed by atoms with Gasteiger partial charge in [-0.2, -0.15) is 0 Å². The molecular formula is C31H33N3O3. The lowest BCUT2D eigenvalue weighted by Crippen LogP contribution is -2.37. The highest BCUT2D eigenvalue weighted by Crippen LogP contribution is 2.28. The van der Waals surface area contributed by atoms with Gasteiger partial charge < -0.3 is 20.1 Å². The molecule has 3 aromatic carbocycles. The Hall–Kier alpha value is -3.74. The molecule has 1 aromatic heterocycles.